The molecule has 0 radical (unpaired) electrons. The molecule has 51 heavy (non-hydrogen) atoms. The van der Waals surface area contributed by atoms with E-state index in [2.05, 4.69) is 7.05 Å². The van der Waals surface area contributed by atoms with Gasteiger partial charge < -0.3 is 45.3 Å². The summed E-state index contributed by atoms with van der Waals surface area (Å²) in [5, 5.41) is 0.309. The molecule has 3 aromatic carbocycles. The molecule has 11 heteroatoms. The molecule has 0 aliphatic carbocycles. The fraction of sp³-hybridized carbons (Fsp3) is 0.450. The van der Waals surface area contributed by atoms with Gasteiger partial charge in [-0.2, -0.15) is 0 Å². The minimum Gasteiger partial charge on any atom is -1.00 e. The van der Waals surface area contributed by atoms with E-state index in [9.17, 15) is 18.4 Å². The minimum absolute atomic E-state index is 0. The number of hydrogen-bond acceptors (Lipinski definition) is 5. The van der Waals surface area contributed by atoms with Crippen LogP contribution in [-0.2, 0) is 0 Å². The molecule has 1 aliphatic heterocycles. The predicted molar refractivity (Wildman–Crippen MR) is 197 cm³/mol. The summed E-state index contributed by atoms with van der Waals surface area (Å²) in [5.41, 5.74) is 1.46. The molecule has 276 valence electrons. The molecule has 2 heterocycles. The van der Waals surface area contributed by atoms with Gasteiger partial charge in [0, 0.05) is 67.9 Å². The SMILES string of the molecule is CCN(C(=O)c1cn(-c2cc(OC)cc(N(C)C)c2)c2cc(OCCCCCCC[N+]3(C)CCCCC3)ccc2c1=O)c1cc(F)cc(F)c1.[Br-]. The Balaban J connectivity index is 0.00000583. The Labute approximate surface area is 310 Å². The summed E-state index contributed by atoms with van der Waals surface area (Å²) < 4.78 is 43.1. The van der Waals surface area contributed by atoms with Gasteiger partial charge in [-0.25, -0.2) is 8.78 Å². The van der Waals surface area contributed by atoms with Gasteiger partial charge in [0.05, 0.1) is 51.6 Å². The maximum Gasteiger partial charge on any atom is 0.263 e. The Hall–Kier alpha value is -3.96. The number of unbranched alkanes of at least 4 members (excludes halogenated alkanes) is 4. The normalized spacial score (nSPS) is 13.8. The van der Waals surface area contributed by atoms with Crippen molar-refractivity contribution in [2.75, 3.05) is 70.8 Å². The van der Waals surface area contributed by atoms with Crippen LogP contribution in [0.2, 0.25) is 0 Å². The summed E-state index contributed by atoms with van der Waals surface area (Å²) >= 11 is 0. The molecule has 4 aromatic rings. The van der Waals surface area contributed by atoms with Gasteiger partial charge in [-0.15, -0.1) is 0 Å². The van der Waals surface area contributed by atoms with Crippen molar-refractivity contribution in [3.63, 3.8) is 0 Å². The number of rotatable bonds is 15. The molecule has 0 saturated carbocycles. The Bertz CT molecular complexity index is 1840. The number of aromatic nitrogens is 1. The van der Waals surface area contributed by atoms with Crippen LogP contribution >= 0.6 is 0 Å². The second-order valence-corrected chi connectivity index (χ2v) is 13.8. The molecular weight excluding hydrogens is 718 g/mol. The second-order valence-electron chi connectivity index (χ2n) is 13.8. The van der Waals surface area contributed by atoms with Crippen LogP contribution in [0.5, 0.6) is 11.5 Å². The Kier molecular flexibility index (Phi) is 14.1. The van der Waals surface area contributed by atoms with Crippen molar-refractivity contribution in [2.24, 2.45) is 0 Å². The fourth-order valence-electron chi connectivity index (χ4n) is 6.94. The third kappa shape index (κ3) is 9.89. The molecular formula is C40H51BrF2N4O4. The number of methoxy groups -OCH3 is 1. The molecule has 1 aromatic heterocycles. The van der Waals surface area contributed by atoms with Crippen molar-refractivity contribution in [2.45, 2.75) is 58.3 Å². The fourth-order valence-corrected chi connectivity index (χ4v) is 6.94. The molecule has 0 unspecified atom stereocenters. The number of hydrogen-bond donors (Lipinski definition) is 0. The number of halogens is 3. The molecule has 1 amide bonds. The second kappa shape index (κ2) is 18.0. The molecule has 0 atom stereocenters. The monoisotopic (exact) mass is 768 g/mol. The van der Waals surface area contributed by atoms with E-state index in [0.717, 1.165) is 36.7 Å². The van der Waals surface area contributed by atoms with E-state index in [1.165, 1.54) is 73.7 Å². The molecule has 1 saturated heterocycles. The molecule has 8 nitrogen and oxygen atoms in total. The first-order valence-electron chi connectivity index (χ1n) is 17.8. The van der Waals surface area contributed by atoms with E-state index in [1.807, 2.05) is 43.3 Å². The van der Waals surface area contributed by atoms with Crippen molar-refractivity contribution < 1.29 is 44.5 Å². The highest BCUT2D eigenvalue weighted by Crippen LogP contribution is 2.30. The van der Waals surface area contributed by atoms with Gasteiger partial charge in [-0.1, -0.05) is 12.8 Å². The Morgan fingerprint density at radius 3 is 2.22 bits per heavy atom. The number of anilines is 2. The lowest BCUT2D eigenvalue weighted by Gasteiger charge is -2.37. The summed E-state index contributed by atoms with van der Waals surface area (Å²) in [6.45, 7) is 6.23. The predicted octanol–water partition coefficient (Wildman–Crippen LogP) is 4.97. The quantitative estimate of drug-likeness (QED) is 0.126. The van der Waals surface area contributed by atoms with Crippen molar-refractivity contribution in [1.29, 1.82) is 0 Å². The number of ether oxygens (including phenoxy) is 2. The third-order valence-corrected chi connectivity index (χ3v) is 9.84. The van der Waals surface area contributed by atoms with E-state index in [1.54, 1.807) is 30.7 Å². The largest absolute Gasteiger partial charge is 1.00 e. The standard InChI is InChI=1S/C40H51F2N4O4.BrH/c1-6-44(32-22-29(41)21-30(42)23-32)40(48)37-28-45(33-24-31(43(2)3)25-35(26-33)49-5)38-27-34(15-16-36(38)39(37)47)50-20-14-9-7-8-11-17-46(4)18-12-10-13-19-46;/h15-16,21-28H,6-14,17-20H2,1-5H3;1H/q+1;/p-1. The van der Waals surface area contributed by atoms with Gasteiger partial charge in [0.2, 0.25) is 5.43 Å². The van der Waals surface area contributed by atoms with Gasteiger partial charge in [0.1, 0.15) is 28.7 Å². The number of benzene rings is 3. The Morgan fingerprint density at radius 2 is 1.55 bits per heavy atom. The van der Waals surface area contributed by atoms with Crippen LogP contribution in [-0.4, -0.2) is 76.0 Å². The average Bonchev–Trinajstić information content (AvgIpc) is 3.09. The van der Waals surface area contributed by atoms with Crippen LogP contribution < -0.4 is 41.7 Å². The number of pyridine rings is 1. The highest BCUT2D eigenvalue weighted by molar-refractivity contribution is 6.07. The maximum absolute atomic E-state index is 14.2. The highest BCUT2D eigenvalue weighted by atomic mass is 79.9. The number of piperidine rings is 1. The number of fused-ring (bicyclic) bond motifs is 1. The zero-order valence-electron chi connectivity index (χ0n) is 30.5. The summed E-state index contributed by atoms with van der Waals surface area (Å²) in [4.78, 5) is 31.1. The van der Waals surface area contributed by atoms with Gasteiger partial charge in [-0.05, 0) is 75.8 Å². The van der Waals surface area contributed by atoms with E-state index in [0.29, 0.717) is 34.7 Å². The van der Waals surface area contributed by atoms with Crippen molar-refractivity contribution in [3.05, 3.63) is 88.2 Å². The zero-order chi connectivity index (χ0) is 35.8. The summed E-state index contributed by atoms with van der Waals surface area (Å²) in [7, 11) is 7.81. The average molecular weight is 770 g/mol. The van der Waals surface area contributed by atoms with E-state index >= 15 is 0 Å². The van der Waals surface area contributed by atoms with Gasteiger partial charge in [0.15, 0.2) is 0 Å². The Morgan fingerprint density at radius 1 is 0.863 bits per heavy atom. The smallest absolute Gasteiger partial charge is 0.263 e. The lowest BCUT2D eigenvalue weighted by atomic mass is 10.1. The van der Waals surface area contributed by atoms with Crippen LogP contribution in [0.4, 0.5) is 20.2 Å². The van der Waals surface area contributed by atoms with Crippen molar-refractivity contribution in [3.8, 4) is 17.2 Å². The van der Waals surface area contributed by atoms with Crippen molar-refractivity contribution in [1.82, 2.24) is 4.57 Å². The van der Waals surface area contributed by atoms with E-state index < -0.39 is 23.0 Å². The first-order valence-corrected chi connectivity index (χ1v) is 17.8. The van der Waals surface area contributed by atoms with E-state index in [-0.39, 0.29) is 34.8 Å². The topological polar surface area (TPSA) is 64.0 Å². The van der Waals surface area contributed by atoms with Crippen LogP contribution in [0.15, 0.2) is 65.6 Å². The van der Waals surface area contributed by atoms with Crippen LogP contribution in [0.1, 0.15) is 68.6 Å². The van der Waals surface area contributed by atoms with Crippen molar-refractivity contribution >= 4 is 28.2 Å². The number of likely N-dealkylation sites (tertiary alicyclic amines) is 1. The number of quaternary nitrogens is 1. The number of carbonyl (C=O) groups is 1. The summed E-state index contributed by atoms with van der Waals surface area (Å²) in [6.07, 6.45) is 11.3. The number of carbonyl (C=O) groups excluding carboxylic acids is 1. The molecule has 0 spiro atoms. The van der Waals surface area contributed by atoms with E-state index in [4.69, 9.17) is 9.47 Å². The first kappa shape index (κ1) is 39.8. The molecule has 1 fully saturated rings. The van der Waals surface area contributed by atoms with Crippen LogP contribution in [0.3, 0.4) is 0 Å². The molecule has 0 bridgehead atoms. The molecule has 5 rings (SSSR count). The van der Waals surface area contributed by atoms with Gasteiger partial charge >= 0.3 is 0 Å². The lowest BCUT2D eigenvalue weighted by molar-refractivity contribution is -0.914. The highest BCUT2D eigenvalue weighted by Gasteiger charge is 2.25. The van der Waals surface area contributed by atoms with Gasteiger partial charge in [0.25, 0.3) is 5.91 Å². The third-order valence-electron chi connectivity index (χ3n) is 9.84. The number of amides is 1. The summed E-state index contributed by atoms with van der Waals surface area (Å²) in [5.74, 6) is -1.08. The lowest BCUT2D eigenvalue weighted by Crippen LogP contribution is -3.00. The first-order chi connectivity index (χ1) is 24.0. The molecule has 0 N–H and O–H groups in total. The van der Waals surface area contributed by atoms with Gasteiger partial charge in [-0.3, -0.25) is 9.59 Å². The molecule has 1 aliphatic rings. The summed E-state index contributed by atoms with van der Waals surface area (Å²) in [6, 6.07) is 13.8. The minimum atomic E-state index is -0.814. The number of nitrogens with zero attached hydrogens (tertiary/aromatic N) is 4. The van der Waals surface area contributed by atoms with Crippen LogP contribution in [0, 0.1) is 11.6 Å². The zero-order valence-corrected chi connectivity index (χ0v) is 32.1. The maximum atomic E-state index is 14.2. The van der Waals surface area contributed by atoms with Crippen LogP contribution in [0.25, 0.3) is 16.6 Å².